The first-order valence-electron chi connectivity index (χ1n) is 8.25. The van der Waals surface area contributed by atoms with Crippen LogP contribution in [0.4, 0.5) is 16.0 Å². The Morgan fingerprint density at radius 3 is 2.69 bits per heavy atom. The highest BCUT2D eigenvalue weighted by molar-refractivity contribution is 6.30. The van der Waals surface area contributed by atoms with Gasteiger partial charge in [0, 0.05) is 23.3 Å². The fourth-order valence-corrected chi connectivity index (χ4v) is 3.36. The van der Waals surface area contributed by atoms with Gasteiger partial charge in [-0.05, 0) is 54.3 Å². The summed E-state index contributed by atoms with van der Waals surface area (Å²) in [6.07, 6.45) is 2.62. The first kappa shape index (κ1) is 16.7. The fraction of sp³-hybridized carbons (Fsp3) is 0.150. The van der Waals surface area contributed by atoms with Crippen molar-refractivity contribution >= 4 is 29.0 Å². The van der Waals surface area contributed by atoms with Crippen LogP contribution in [0.15, 0.2) is 54.7 Å². The number of nitrogens with zero attached hydrogens (tertiary/aromatic N) is 2. The van der Waals surface area contributed by atoms with Gasteiger partial charge >= 0.3 is 0 Å². The molecule has 1 aliphatic carbocycles. The van der Waals surface area contributed by atoms with Crippen LogP contribution in [-0.2, 0) is 6.42 Å². The van der Waals surface area contributed by atoms with Crippen LogP contribution in [0.3, 0.4) is 0 Å². The monoisotopic (exact) mass is 367 g/mol. The van der Waals surface area contributed by atoms with Crippen molar-refractivity contribution in [2.24, 2.45) is 0 Å². The number of nitrogens with one attached hydrogen (secondary N) is 1. The van der Waals surface area contributed by atoms with Crippen molar-refractivity contribution in [1.82, 2.24) is 9.97 Å². The second-order valence-corrected chi connectivity index (χ2v) is 6.71. The third kappa shape index (κ3) is 3.44. The van der Waals surface area contributed by atoms with Gasteiger partial charge in [-0.3, -0.25) is 4.79 Å². The molecule has 3 aromatic rings. The maximum atomic E-state index is 13.0. The third-order valence-corrected chi connectivity index (χ3v) is 4.70. The van der Waals surface area contributed by atoms with Gasteiger partial charge < -0.3 is 5.32 Å². The molecule has 1 aromatic heterocycles. The van der Waals surface area contributed by atoms with Gasteiger partial charge in [0.05, 0.1) is 11.3 Å². The Kier molecular flexibility index (Phi) is 4.39. The summed E-state index contributed by atoms with van der Waals surface area (Å²) in [7, 11) is 0. The molecule has 1 atom stereocenters. The van der Waals surface area contributed by atoms with E-state index in [9.17, 15) is 9.18 Å². The molecule has 6 heteroatoms. The van der Waals surface area contributed by atoms with Crippen LogP contribution in [0.2, 0.25) is 5.02 Å². The molecule has 0 amide bonds. The van der Waals surface area contributed by atoms with E-state index in [-0.39, 0.29) is 17.5 Å². The van der Waals surface area contributed by atoms with Gasteiger partial charge in [-0.2, -0.15) is 0 Å². The number of ketones is 1. The number of rotatable bonds is 3. The molecule has 0 fully saturated rings. The van der Waals surface area contributed by atoms with Crippen molar-refractivity contribution in [2.75, 3.05) is 5.32 Å². The molecule has 1 unspecified atom stereocenters. The van der Waals surface area contributed by atoms with E-state index in [1.165, 1.54) is 12.1 Å². The lowest BCUT2D eigenvalue weighted by atomic mass is 9.82. The molecule has 130 valence electrons. The standard InChI is InChI=1S/C20H15ClFN3O/c21-14-3-1-2-12(8-14)13-9-18-17(19(26)10-13)11-23-20(25-18)24-16-6-4-15(22)5-7-16/h1-8,11,13H,9-10H2,(H,23,24,25). The summed E-state index contributed by atoms with van der Waals surface area (Å²) < 4.78 is 13.0. The molecule has 1 heterocycles. The van der Waals surface area contributed by atoms with Gasteiger partial charge in [0.15, 0.2) is 5.78 Å². The SMILES string of the molecule is O=C1CC(c2cccc(Cl)c2)Cc2nc(Nc3ccc(F)cc3)ncc21. The Bertz CT molecular complexity index is 975. The molecule has 4 nitrogen and oxygen atoms in total. The number of aromatic nitrogens is 2. The van der Waals surface area contributed by atoms with Gasteiger partial charge in [-0.1, -0.05) is 23.7 Å². The first-order valence-corrected chi connectivity index (χ1v) is 8.63. The highest BCUT2D eigenvalue weighted by Crippen LogP contribution is 2.33. The van der Waals surface area contributed by atoms with Gasteiger partial charge in [-0.25, -0.2) is 14.4 Å². The van der Waals surface area contributed by atoms with E-state index in [1.54, 1.807) is 18.3 Å². The number of Topliss-reactive ketones (excluding diaryl/α,β-unsaturated/α-hetero) is 1. The van der Waals surface area contributed by atoms with E-state index in [0.717, 1.165) is 5.56 Å². The molecule has 0 spiro atoms. The highest BCUT2D eigenvalue weighted by atomic mass is 35.5. The molecule has 4 rings (SSSR count). The summed E-state index contributed by atoms with van der Waals surface area (Å²) >= 11 is 6.08. The largest absolute Gasteiger partial charge is 0.324 e. The molecule has 26 heavy (non-hydrogen) atoms. The van der Waals surface area contributed by atoms with Crippen LogP contribution in [0.1, 0.15) is 34.0 Å². The van der Waals surface area contributed by atoms with Crippen LogP contribution in [0.5, 0.6) is 0 Å². The van der Waals surface area contributed by atoms with Crippen LogP contribution in [0.25, 0.3) is 0 Å². The van der Waals surface area contributed by atoms with Crippen LogP contribution < -0.4 is 5.32 Å². The highest BCUT2D eigenvalue weighted by Gasteiger charge is 2.28. The van der Waals surface area contributed by atoms with Crippen molar-refractivity contribution in [3.63, 3.8) is 0 Å². The lowest BCUT2D eigenvalue weighted by Crippen LogP contribution is -2.21. The van der Waals surface area contributed by atoms with Gasteiger partial charge in [0.25, 0.3) is 0 Å². The van der Waals surface area contributed by atoms with Crippen LogP contribution >= 0.6 is 11.6 Å². The smallest absolute Gasteiger partial charge is 0.227 e. The quantitative estimate of drug-likeness (QED) is 0.713. The third-order valence-electron chi connectivity index (χ3n) is 4.46. The van der Waals surface area contributed by atoms with E-state index in [2.05, 4.69) is 15.3 Å². The van der Waals surface area contributed by atoms with Crippen molar-refractivity contribution in [1.29, 1.82) is 0 Å². The minimum Gasteiger partial charge on any atom is -0.324 e. The zero-order chi connectivity index (χ0) is 18.1. The van der Waals surface area contributed by atoms with Crippen molar-refractivity contribution in [3.8, 4) is 0 Å². The maximum absolute atomic E-state index is 13.0. The maximum Gasteiger partial charge on any atom is 0.227 e. The summed E-state index contributed by atoms with van der Waals surface area (Å²) in [4.78, 5) is 21.2. The van der Waals surface area contributed by atoms with E-state index in [4.69, 9.17) is 11.6 Å². The Morgan fingerprint density at radius 1 is 1.12 bits per heavy atom. The minimum atomic E-state index is -0.308. The number of carbonyl (C=O) groups excluding carboxylic acids is 1. The molecular formula is C20H15ClFN3O. The van der Waals surface area contributed by atoms with E-state index in [0.29, 0.717) is 40.8 Å². The minimum absolute atomic E-state index is 0.0320. The number of benzene rings is 2. The summed E-state index contributed by atoms with van der Waals surface area (Å²) in [5.41, 5.74) is 2.99. The normalized spacial score (nSPS) is 16.2. The Balaban J connectivity index is 1.61. The number of carbonyl (C=O) groups is 1. The Hall–Kier alpha value is -2.79. The topological polar surface area (TPSA) is 54.9 Å². The molecular weight excluding hydrogens is 353 g/mol. The number of hydrogen-bond acceptors (Lipinski definition) is 4. The molecule has 0 saturated carbocycles. The van der Waals surface area contributed by atoms with Crippen molar-refractivity contribution in [3.05, 3.63) is 82.4 Å². The molecule has 0 bridgehead atoms. The molecule has 1 N–H and O–H groups in total. The van der Waals surface area contributed by atoms with Crippen molar-refractivity contribution < 1.29 is 9.18 Å². The van der Waals surface area contributed by atoms with Crippen LogP contribution in [0, 0.1) is 5.82 Å². The molecule has 1 aliphatic rings. The molecule has 0 aliphatic heterocycles. The van der Waals surface area contributed by atoms with E-state index in [1.807, 2.05) is 24.3 Å². The van der Waals surface area contributed by atoms with Gasteiger partial charge in [0.2, 0.25) is 5.95 Å². The van der Waals surface area contributed by atoms with Gasteiger partial charge in [-0.15, -0.1) is 0 Å². The predicted octanol–water partition coefficient (Wildman–Crippen LogP) is 4.93. The lowest BCUT2D eigenvalue weighted by Gasteiger charge is -2.23. The van der Waals surface area contributed by atoms with Crippen LogP contribution in [-0.4, -0.2) is 15.8 Å². The molecule has 0 saturated heterocycles. The second kappa shape index (κ2) is 6.84. The van der Waals surface area contributed by atoms with Crippen molar-refractivity contribution in [2.45, 2.75) is 18.8 Å². The van der Waals surface area contributed by atoms with E-state index < -0.39 is 0 Å². The average Bonchev–Trinajstić information content (AvgIpc) is 2.63. The fourth-order valence-electron chi connectivity index (χ4n) is 3.16. The number of hydrogen-bond donors (Lipinski definition) is 1. The number of halogens is 2. The predicted molar refractivity (Wildman–Crippen MR) is 98.6 cm³/mol. The zero-order valence-electron chi connectivity index (χ0n) is 13.7. The summed E-state index contributed by atoms with van der Waals surface area (Å²) in [5.74, 6) is 0.151. The lowest BCUT2D eigenvalue weighted by molar-refractivity contribution is 0.0962. The number of fused-ring (bicyclic) bond motifs is 1. The first-order chi connectivity index (χ1) is 12.6. The zero-order valence-corrected chi connectivity index (χ0v) is 14.5. The van der Waals surface area contributed by atoms with Gasteiger partial charge in [0.1, 0.15) is 5.82 Å². The van der Waals surface area contributed by atoms with E-state index >= 15 is 0 Å². The average molecular weight is 368 g/mol. The summed E-state index contributed by atoms with van der Waals surface area (Å²) in [6, 6.07) is 13.5. The Morgan fingerprint density at radius 2 is 1.92 bits per heavy atom. The Labute approximate surface area is 155 Å². The summed E-state index contributed by atoms with van der Waals surface area (Å²) in [5, 5.41) is 3.69. The molecule has 0 radical (unpaired) electrons. The number of anilines is 2. The second-order valence-electron chi connectivity index (χ2n) is 6.27. The molecule has 2 aromatic carbocycles. The summed E-state index contributed by atoms with van der Waals surface area (Å²) in [6.45, 7) is 0.